The highest BCUT2D eigenvalue weighted by Gasteiger charge is 2.29. The van der Waals surface area contributed by atoms with E-state index in [1.54, 1.807) is 53.2 Å². The van der Waals surface area contributed by atoms with Gasteiger partial charge in [-0.1, -0.05) is 40.9 Å². The van der Waals surface area contributed by atoms with Crippen LogP contribution >= 0.6 is 34.8 Å². The molecule has 2 aromatic rings. The molecule has 7 heteroatoms. The highest BCUT2D eigenvalue weighted by molar-refractivity contribution is 6.35. The summed E-state index contributed by atoms with van der Waals surface area (Å²) in [6, 6.07) is 12.2. The van der Waals surface area contributed by atoms with Crippen molar-refractivity contribution in [3.05, 3.63) is 68.7 Å². The van der Waals surface area contributed by atoms with Crippen LogP contribution in [0.2, 0.25) is 15.1 Å². The lowest BCUT2D eigenvalue weighted by molar-refractivity contribution is -0.136. The van der Waals surface area contributed by atoms with E-state index in [0.29, 0.717) is 53.1 Å². The molecule has 3 rings (SSSR count). The van der Waals surface area contributed by atoms with Gasteiger partial charge >= 0.3 is 0 Å². The molecule has 1 heterocycles. The molecule has 0 atom stereocenters. The molecule has 1 fully saturated rings. The molecule has 0 spiro atoms. The van der Waals surface area contributed by atoms with E-state index in [9.17, 15) is 9.59 Å². The van der Waals surface area contributed by atoms with Gasteiger partial charge in [0.2, 0.25) is 5.91 Å². The number of likely N-dealkylation sites (tertiary alicyclic amines) is 1. The molecule has 0 aromatic heterocycles. The van der Waals surface area contributed by atoms with Crippen molar-refractivity contribution < 1.29 is 9.59 Å². The quantitative estimate of drug-likeness (QED) is 0.660. The summed E-state index contributed by atoms with van der Waals surface area (Å²) in [5.74, 6) is -0.0428. The molecule has 0 radical (unpaired) electrons. The lowest BCUT2D eigenvalue weighted by atomic mass is 9.94. The fourth-order valence-corrected chi connectivity index (χ4v) is 3.99. The predicted molar refractivity (Wildman–Crippen MR) is 113 cm³/mol. The second kappa shape index (κ2) is 9.17. The summed E-state index contributed by atoms with van der Waals surface area (Å²) < 4.78 is 0. The van der Waals surface area contributed by atoms with Crippen molar-refractivity contribution in [1.29, 1.82) is 0 Å². The fraction of sp³-hybridized carbons (Fsp3) is 0.333. The molecule has 1 saturated heterocycles. The number of carbonyl (C=O) groups is 2. The second-order valence-corrected chi connectivity index (χ2v) is 8.28. The van der Waals surface area contributed by atoms with Gasteiger partial charge in [-0.15, -0.1) is 0 Å². The van der Waals surface area contributed by atoms with Gasteiger partial charge in [-0.25, -0.2) is 0 Å². The monoisotopic (exact) mass is 438 g/mol. The van der Waals surface area contributed by atoms with Gasteiger partial charge in [0.1, 0.15) is 0 Å². The number of carbonyl (C=O) groups excluding carboxylic acids is 2. The summed E-state index contributed by atoms with van der Waals surface area (Å²) in [5.41, 5.74) is 1.47. The summed E-state index contributed by atoms with van der Waals surface area (Å²) in [6.07, 6.45) is 1.30. The zero-order chi connectivity index (χ0) is 20.3. The lowest BCUT2D eigenvalue weighted by Gasteiger charge is -2.33. The molecule has 1 aliphatic heterocycles. The van der Waals surface area contributed by atoms with E-state index in [-0.39, 0.29) is 17.7 Å². The first-order valence-corrected chi connectivity index (χ1v) is 10.2. The molecule has 0 saturated carbocycles. The van der Waals surface area contributed by atoms with Crippen molar-refractivity contribution in [3.63, 3.8) is 0 Å². The maximum atomic E-state index is 12.8. The third kappa shape index (κ3) is 4.99. The Hall–Kier alpha value is -1.75. The van der Waals surface area contributed by atoms with Gasteiger partial charge in [-0.05, 0) is 54.8 Å². The molecule has 28 heavy (non-hydrogen) atoms. The minimum Gasteiger partial charge on any atom is -0.341 e. The Kier molecular flexibility index (Phi) is 6.86. The summed E-state index contributed by atoms with van der Waals surface area (Å²) in [4.78, 5) is 28.9. The maximum Gasteiger partial charge on any atom is 0.253 e. The largest absolute Gasteiger partial charge is 0.341 e. The SMILES string of the molecule is CN(Cc1ccc(Cl)cc1Cl)C(=O)C1CCN(C(=O)c2ccc(Cl)cc2)CC1. The van der Waals surface area contributed by atoms with Crippen LogP contribution in [0.25, 0.3) is 0 Å². The van der Waals surface area contributed by atoms with Crippen LogP contribution in [-0.2, 0) is 11.3 Å². The molecule has 0 N–H and O–H groups in total. The van der Waals surface area contributed by atoms with Crippen LogP contribution in [0.1, 0.15) is 28.8 Å². The zero-order valence-electron chi connectivity index (χ0n) is 15.5. The van der Waals surface area contributed by atoms with Crippen molar-refractivity contribution in [3.8, 4) is 0 Å². The Balaban J connectivity index is 1.55. The smallest absolute Gasteiger partial charge is 0.253 e. The lowest BCUT2D eigenvalue weighted by Crippen LogP contribution is -2.43. The molecule has 0 aliphatic carbocycles. The summed E-state index contributed by atoms with van der Waals surface area (Å²) in [5, 5.41) is 1.72. The Morgan fingerprint density at radius 3 is 2.21 bits per heavy atom. The van der Waals surface area contributed by atoms with Crippen LogP contribution in [0.4, 0.5) is 0 Å². The third-order valence-electron chi connectivity index (χ3n) is 5.02. The average molecular weight is 440 g/mol. The predicted octanol–water partition coefficient (Wildman–Crippen LogP) is 5.16. The van der Waals surface area contributed by atoms with Crippen molar-refractivity contribution in [1.82, 2.24) is 9.80 Å². The van der Waals surface area contributed by atoms with Crippen LogP contribution in [-0.4, -0.2) is 41.8 Å². The summed E-state index contributed by atoms with van der Waals surface area (Å²) in [7, 11) is 1.78. The van der Waals surface area contributed by atoms with E-state index in [1.165, 1.54) is 0 Å². The van der Waals surface area contributed by atoms with Gasteiger partial charge in [0.15, 0.2) is 0 Å². The number of rotatable bonds is 4. The number of amides is 2. The Bertz CT molecular complexity index is 862. The number of hydrogen-bond donors (Lipinski definition) is 0. The zero-order valence-corrected chi connectivity index (χ0v) is 17.8. The minimum atomic E-state index is -0.0923. The number of piperidine rings is 1. The van der Waals surface area contributed by atoms with Gasteiger partial charge in [0.05, 0.1) is 0 Å². The van der Waals surface area contributed by atoms with Crippen molar-refractivity contribution in [2.24, 2.45) is 5.92 Å². The first-order chi connectivity index (χ1) is 13.3. The standard InChI is InChI=1S/C21H21Cl3N2O2/c1-25(13-16-4-7-18(23)12-19(16)24)20(27)15-8-10-26(11-9-15)21(28)14-2-5-17(22)6-3-14/h2-7,12,15H,8-11,13H2,1H3. The van der Waals surface area contributed by atoms with Gasteiger partial charge in [-0.2, -0.15) is 0 Å². The van der Waals surface area contributed by atoms with E-state index in [4.69, 9.17) is 34.8 Å². The van der Waals surface area contributed by atoms with Gasteiger partial charge < -0.3 is 9.80 Å². The molecule has 2 amide bonds. The Morgan fingerprint density at radius 2 is 1.61 bits per heavy atom. The van der Waals surface area contributed by atoms with Gasteiger partial charge in [0.25, 0.3) is 5.91 Å². The van der Waals surface area contributed by atoms with E-state index in [2.05, 4.69) is 0 Å². The first kappa shape index (κ1) is 21.0. The topological polar surface area (TPSA) is 40.6 Å². The molecular weight excluding hydrogens is 419 g/mol. The molecule has 0 unspecified atom stereocenters. The van der Waals surface area contributed by atoms with Crippen molar-refractivity contribution in [2.45, 2.75) is 19.4 Å². The number of halogens is 3. The molecule has 4 nitrogen and oxygen atoms in total. The van der Waals surface area contributed by atoms with Crippen LogP contribution in [0.5, 0.6) is 0 Å². The maximum absolute atomic E-state index is 12.8. The highest BCUT2D eigenvalue weighted by Crippen LogP contribution is 2.25. The average Bonchev–Trinajstić information content (AvgIpc) is 2.69. The fourth-order valence-electron chi connectivity index (χ4n) is 3.40. The summed E-state index contributed by atoms with van der Waals surface area (Å²) in [6.45, 7) is 1.56. The molecular formula is C21H21Cl3N2O2. The number of hydrogen-bond acceptors (Lipinski definition) is 2. The Morgan fingerprint density at radius 1 is 1.00 bits per heavy atom. The van der Waals surface area contributed by atoms with Crippen LogP contribution in [0.3, 0.4) is 0 Å². The number of nitrogens with zero attached hydrogens (tertiary/aromatic N) is 2. The first-order valence-electron chi connectivity index (χ1n) is 9.09. The number of benzene rings is 2. The molecule has 2 aromatic carbocycles. The third-order valence-corrected chi connectivity index (χ3v) is 5.86. The van der Waals surface area contributed by atoms with E-state index in [0.717, 1.165) is 5.56 Å². The molecule has 1 aliphatic rings. The van der Waals surface area contributed by atoms with Gasteiger partial charge in [0, 0.05) is 53.2 Å². The van der Waals surface area contributed by atoms with Gasteiger partial charge in [-0.3, -0.25) is 9.59 Å². The van der Waals surface area contributed by atoms with E-state index in [1.807, 2.05) is 6.07 Å². The molecule has 0 bridgehead atoms. The molecule has 148 valence electrons. The van der Waals surface area contributed by atoms with E-state index >= 15 is 0 Å². The second-order valence-electron chi connectivity index (χ2n) is 7.00. The summed E-state index contributed by atoms with van der Waals surface area (Å²) >= 11 is 18.0. The van der Waals surface area contributed by atoms with Crippen LogP contribution < -0.4 is 0 Å². The van der Waals surface area contributed by atoms with Crippen molar-refractivity contribution in [2.75, 3.05) is 20.1 Å². The van der Waals surface area contributed by atoms with Crippen molar-refractivity contribution >= 4 is 46.6 Å². The van der Waals surface area contributed by atoms with Crippen LogP contribution in [0.15, 0.2) is 42.5 Å². The highest BCUT2D eigenvalue weighted by atomic mass is 35.5. The normalized spacial score (nSPS) is 14.8. The Labute approximate surface area is 180 Å². The minimum absolute atomic E-state index is 0.0242. The van der Waals surface area contributed by atoms with E-state index < -0.39 is 0 Å². The van der Waals surface area contributed by atoms with Crippen LogP contribution in [0, 0.1) is 5.92 Å².